The summed E-state index contributed by atoms with van der Waals surface area (Å²) in [5.74, 6) is 13.3. The van der Waals surface area contributed by atoms with E-state index in [9.17, 15) is 9.59 Å². The van der Waals surface area contributed by atoms with E-state index in [1.165, 1.54) is 0 Å². The highest BCUT2D eigenvalue weighted by molar-refractivity contribution is 5.78. The smallest absolute Gasteiger partial charge is 0.193 e. The molecule has 64 valence electrons. The third-order valence-corrected chi connectivity index (χ3v) is 1.05. The van der Waals surface area contributed by atoms with Gasteiger partial charge in [0.25, 0.3) is 0 Å². The van der Waals surface area contributed by atoms with E-state index in [1.807, 2.05) is 0 Å². The Kier molecular flexibility index (Phi) is 5.66. The predicted molar refractivity (Wildman–Crippen MR) is 52.4 cm³/mol. The van der Waals surface area contributed by atoms with Crippen LogP contribution in [-0.4, -0.2) is 12.6 Å². The van der Waals surface area contributed by atoms with Gasteiger partial charge < -0.3 is 0 Å². The zero-order chi connectivity index (χ0) is 10.8. The maximum Gasteiger partial charge on any atom is 0.193 e. The quantitative estimate of drug-likeness (QED) is 0.387. The number of allylic oxidation sites excluding steroid dienone is 2. The highest BCUT2D eigenvalue weighted by atomic mass is 16.1. The van der Waals surface area contributed by atoms with Crippen LogP contribution < -0.4 is 0 Å². The number of terminal acetylenes is 2. The Hall–Kier alpha value is -2.68. The van der Waals surface area contributed by atoms with Gasteiger partial charge in [0.1, 0.15) is 0 Å². The summed E-state index contributed by atoms with van der Waals surface area (Å²) in [6, 6.07) is 0. The van der Waals surface area contributed by atoms with Crippen molar-refractivity contribution in [3.05, 3.63) is 11.1 Å². The lowest BCUT2D eigenvalue weighted by Crippen LogP contribution is -1.83. The van der Waals surface area contributed by atoms with Crippen molar-refractivity contribution in [1.29, 1.82) is 0 Å². The maximum absolute atomic E-state index is 9.97. The first-order valence-electron chi connectivity index (χ1n) is 3.38. The van der Waals surface area contributed by atoms with Crippen molar-refractivity contribution >= 4 is 12.6 Å². The number of hydrogen-bond acceptors (Lipinski definition) is 2. The Balaban J connectivity index is 5.44. The molecule has 0 aliphatic carbocycles. The number of carbonyl (C=O) groups is 2. The molecule has 0 saturated heterocycles. The van der Waals surface area contributed by atoms with E-state index in [0.717, 1.165) is 0 Å². The summed E-state index contributed by atoms with van der Waals surface area (Å²) in [5, 5.41) is 0. The van der Waals surface area contributed by atoms with Crippen LogP contribution in [0.2, 0.25) is 0 Å². The van der Waals surface area contributed by atoms with Gasteiger partial charge in [-0.1, -0.05) is 11.8 Å². The van der Waals surface area contributed by atoms with Crippen LogP contribution in [0.15, 0.2) is 11.1 Å². The van der Waals surface area contributed by atoms with Gasteiger partial charge in [-0.2, -0.15) is 0 Å². The van der Waals surface area contributed by atoms with Crippen molar-refractivity contribution in [3.8, 4) is 48.4 Å². The minimum Gasteiger partial charge on any atom is -0.289 e. The van der Waals surface area contributed by atoms with Gasteiger partial charge in [0.2, 0.25) is 0 Å². The first-order valence-corrected chi connectivity index (χ1v) is 3.38. The van der Waals surface area contributed by atoms with Crippen LogP contribution >= 0.6 is 0 Å². The van der Waals surface area contributed by atoms with Crippen LogP contribution in [0.3, 0.4) is 0 Å². The summed E-state index contributed by atoms with van der Waals surface area (Å²) in [6.45, 7) is 0. The van der Waals surface area contributed by atoms with Crippen molar-refractivity contribution in [1.82, 2.24) is 0 Å². The van der Waals surface area contributed by atoms with Crippen LogP contribution in [-0.2, 0) is 9.59 Å². The van der Waals surface area contributed by atoms with Gasteiger partial charge in [0, 0.05) is 0 Å². The van der Waals surface area contributed by atoms with Crippen molar-refractivity contribution in [2.75, 3.05) is 0 Å². The van der Waals surface area contributed by atoms with Crippen LogP contribution in [0.4, 0.5) is 0 Å². The molecule has 0 N–H and O–H groups in total. The lowest BCUT2D eigenvalue weighted by atomic mass is 10.1. The van der Waals surface area contributed by atoms with Gasteiger partial charge in [0.05, 0.1) is 11.1 Å². The van der Waals surface area contributed by atoms with Gasteiger partial charge >= 0.3 is 0 Å². The van der Waals surface area contributed by atoms with E-state index in [2.05, 4.69) is 35.5 Å². The molecule has 0 bridgehead atoms. The van der Waals surface area contributed by atoms with Gasteiger partial charge in [-0.05, 0) is 23.7 Å². The molecule has 0 unspecified atom stereocenters. The van der Waals surface area contributed by atoms with Crippen LogP contribution in [0, 0.1) is 48.4 Å². The standard InChI is InChI=1S/C12H4O2/c1-3-11(4-2)12(7-5-9-13)8-6-10-14/h1-2,9-10H. The van der Waals surface area contributed by atoms with Crippen LogP contribution in [0.1, 0.15) is 0 Å². The average Bonchev–Trinajstić information content (AvgIpc) is 2.22. The first kappa shape index (κ1) is 11.3. The Morgan fingerprint density at radius 2 is 1.29 bits per heavy atom. The highest BCUT2D eigenvalue weighted by Crippen LogP contribution is 1.99. The molecule has 0 saturated carbocycles. The molecule has 0 spiro atoms. The summed E-state index contributed by atoms with van der Waals surface area (Å²) >= 11 is 0. The molecule has 2 nitrogen and oxygen atoms in total. The normalized spacial score (nSPS) is 5.86. The Labute approximate surface area is 82.4 Å². The summed E-state index contributed by atoms with van der Waals surface area (Å²) in [6.07, 6.45) is 10.9. The fourth-order valence-corrected chi connectivity index (χ4v) is 0.546. The number of hydrogen-bond donors (Lipinski definition) is 0. The van der Waals surface area contributed by atoms with Crippen molar-refractivity contribution in [3.63, 3.8) is 0 Å². The minimum absolute atomic E-state index is 0.119. The molecule has 0 rings (SSSR count). The largest absolute Gasteiger partial charge is 0.289 e. The molecule has 0 aromatic heterocycles. The second-order valence-electron chi connectivity index (χ2n) is 1.81. The molecule has 0 radical (unpaired) electrons. The molecule has 0 aromatic rings. The number of aldehydes is 2. The highest BCUT2D eigenvalue weighted by Gasteiger charge is 1.94. The van der Waals surface area contributed by atoms with Crippen LogP contribution in [0.25, 0.3) is 0 Å². The zero-order valence-corrected chi connectivity index (χ0v) is 7.13. The molecule has 14 heavy (non-hydrogen) atoms. The second kappa shape index (κ2) is 7.00. The third-order valence-electron chi connectivity index (χ3n) is 1.05. The molecule has 0 fully saturated rings. The van der Waals surface area contributed by atoms with Crippen molar-refractivity contribution in [2.45, 2.75) is 0 Å². The van der Waals surface area contributed by atoms with Gasteiger partial charge in [-0.25, -0.2) is 0 Å². The molecular weight excluding hydrogens is 176 g/mol. The zero-order valence-electron chi connectivity index (χ0n) is 7.13. The molecule has 0 heterocycles. The van der Waals surface area contributed by atoms with Crippen molar-refractivity contribution in [2.24, 2.45) is 0 Å². The van der Waals surface area contributed by atoms with E-state index in [1.54, 1.807) is 0 Å². The summed E-state index contributed by atoms with van der Waals surface area (Å²) < 4.78 is 0. The van der Waals surface area contributed by atoms with E-state index in [4.69, 9.17) is 12.8 Å². The first-order chi connectivity index (χ1) is 6.79. The van der Waals surface area contributed by atoms with Gasteiger partial charge in [-0.3, -0.25) is 9.59 Å². The fraction of sp³-hybridized carbons (Fsp3) is 0. The lowest BCUT2D eigenvalue weighted by molar-refractivity contribution is -0.104. The predicted octanol–water partition coefficient (Wildman–Crippen LogP) is -0.0460. The van der Waals surface area contributed by atoms with Crippen LogP contribution in [0.5, 0.6) is 0 Å². The second-order valence-corrected chi connectivity index (χ2v) is 1.81. The van der Waals surface area contributed by atoms with Gasteiger partial charge in [0.15, 0.2) is 12.6 Å². The summed E-state index contributed by atoms with van der Waals surface area (Å²) in [4.78, 5) is 19.9. The molecule has 0 aromatic carbocycles. The Morgan fingerprint density at radius 1 is 0.857 bits per heavy atom. The Bertz CT molecular complexity index is 427. The van der Waals surface area contributed by atoms with E-state index < -0.39 is 0 Å². The monoisotopic (exact) mass is 180 g/mol. The molecule has 0 aliphatic heterocycles. The van der Waals surface area contributed by atoms with E-state index in [0.29, 0.717) is 12.6 Å². The topological polar surface area (TPSA) is 34.1 Å². The van der Waals surface area contributed by atoms with Gasteiger partial charge in [-0.15, -0.1) is 12.8 Å². The summed E-state index contributed by atoms with van der Waals surface area (Å²) in [5.41, 5.74) is 0.239. The molecule has 0 amide bonds. The third kappa shape index (κ3) is 3.64. The van der Waals surface area contributed by atoms with Crippen molar-refractivity contribution < 1.29 is 9.59 Å². The summed E-state index contributed by atoms with van der Waals surface area (Å²) in [7, 11) is 0. The van der Waals surface area contributed by atoms with E-state index >= 15 is 0 Å². The molecule has 0 aliphatic rings. The lowest BCUT2D eigenvalue weighted by Gasteiger charge is -1.87. The average molecular weight is 180 g/mol. The Morgan fingerprint density at radius 3 is 1.57 bits per heavy atom. The SMILES string of the molecule is C#CC(C#C)=C(C#CC=O)C#CC=O. The minimum atomic E-state index is 0.119. The molecule has 0 atom stereocenters. The number of carbonyl (C=O) groups excluding carboxylic acids is 2. The maximum atomic E-state index is 9.97. The molecule has 2 heteroatoms. The fourth-order valence-electron chi connectivity index (χ4n) is 0.546. The van der Waals surface area contributed by atoms with E-state index in [-0.39, 0.29) is 11.1 Å². The number of rotatable bonds is 0. The molecular formula is C12H4O2.